The number of aromatic carboxylic acids is 1. The first-order chi connectivity index (χ1) is 7.77. The van der Waals surface area contributed by atoms with Gasteiger partial charge >= 0.3 is 5.97 Å². The second-order valence-corrected chi connectivity index (χ2v) is 5.44. The Bertz CT molecular complexity index is 536. The molecule has 0 bridgehead atoms. The number of carbonyl (C=O) groups is 1. The monoisotopic (exact) mass is 257 g/mol. The van der Waals surface area contributed by atoms with Crippen LogP contribution in [-0.4, -0.2) is 19.5 Å². The lowest BCUT2D eigenvalue weighted by atomic mass is 9.97. The van der Waals surface area contributed by atoms with Crippen LogP contribution in [0, 0.1) is 0 Å². The molecule has 0 heterocycles. The third-order valence-corrected chi connectivity index (χ3v) is 3.69. The first-order valence-electron chi connectivity index (χ1n) is 5.17. The summed E-state index contributed by atoms with van der Waals surface area (Å²) in [5.41, 5.74) is 0.516. The SMILES string of the molecule is CCC(C)c1ccc(S(N)(=O)=O)c(C(=O)O)c1. The van der Waals surface area contributed by atoms with Crippen LogP contribution in [0.4, 0.5) is 0 Å². The Hall–Kier alpha value is -1.40. The van der Waals surface area contributed by atoms with Crippen LogP contribution in [0.25, 0.3) is 0 Å². The molecule has 0 aliphatic carbocycles. The van der Waals surface area contributed by atoms with E-state index in [2.05, 4.69) is 0 Å². The van der Waals surface area contributed by atoms with E-state index < -0.39 is 16.0 Å². The zero-order valence-electron chi connectivity index (χ0n) is 9.67. The Labute approximate surface area is 100 Å². The van der Waals surface area contributed by atoms with Crippen molar-refractivity contribution in [2.45, 2.75) is 31.1 Å². The van der Waals surface area contributed by atoms with Crippen LogP contribution in [0.1, 0.15) is 42.1 Å². The molecule has 94 valence electrons. The summed E-state index contributed by atoms with van der Waals surface area (Å²) in [6, 6.07) is 4.22. The molecule has 3 N–H and O–H groups in total. The third-order valence-electron chi connectivity index (χ3n) is 2.72. The quantitative estimate of drug-likeness (QED) is 0.854. The number of hydrogen-bond acceptors (Lipinski definition) is 3. The minimum Gasteiger partial charge on any atom is -0.478 e. The van der Waals surface area contributed by atoms with E-state index in [-0.39, 0.29) is 16.4 Å². The lowest BCUT2D eigenvalue weighted by Gasteiger charge is -2.11. The molecule has 1 aromatic rings. The van der Waals surface area contributed by atoms with Crippen LogP contribution in [0.15, 0.2) is 23.1 Å². The molecule has 0 aromatic heterocycles. The number of sulfonamides is 1. The van der Waals surface area contributed by atoms with Gasteiger partial charge < -0.3 is 5.11 Å². The molecule has 1 atom stereocenters. The van der Waals surface area contributed by atoms with E-state index in [4.69, 9.17) is 10.2 Å². The van der Waals surface area contributed by atoms with Gasteiger partial charge in [-0.2, -0.15) is 0 Å². The van der Waals surface area contributed by atoms with E-state index in [1.54, 1.807) is 6.07 Å². The van der Waals surface area contributed by atoms with Crippen LogP contribution in [0.2, 0.25) is 0 Å². The van der Waals surface area contributed by atoms with Crippen molar-refractivity contribution in [1.82, 2.24) is 0 Å². The van der Waals surface area contributed by atoms with Crippen molar-refractivity contribution >= 4 is 16.0 Å². The molecular formula is C11H15NO4S. The van der Waals surface area contributed by atoms with Gasteiger partial charge in [-0.05, 0) is 30.0 Å². The molecular weight excluding hydrogens is 242 g/mol. The summed E-state index contributed by atoms with van der Waals surface area (Å²) in [6.45, 7) is 3.91. The van der Waals surface area contributed by atoms with E-state index in [9.17, 15) is 13.2 Å². The molecule has 0 fully saturated rings. The molecule has 1 aromatic carbocycles. The summed E-state index contributed by atoms with van der Waals surface area (Å²) in [4.78, 5) is 10.7. The van der Waals surface area contributed by atoms with Crippen LogP contribution >= 0.6 is 0 Å². The maximum Gasteiger partial charge on any atom is 0.337 e. The van der Waals surface area contributed by atoms with Crippen molar-refractivity contribution in [3.63, 3.8) is 0 Å². The summed E-state index contributed by atoms with van der Waals surface area (Å²) in [7, 11) is -4.01. The largest absolute Gasteiger partial charge is 0.478 e. The first-order valence-corrected chi connectivity index (χ1v) is 6.72. The highest BCUT2D eigenvalue weighted by atomic mass is 32.2. The molecule has 6 heteroatoms. The molecule has 17 heavy (non-hydrogen) atoms. The fourth-order valence-electron chi connectivity index (χ4n) is 1.51. The van der Waals surface area contributed by atoms with E-state index in [1.165, 1.54) is 12.1 Å². The van der Waals surface area contributed by atoms with Crippen molar-refractivity contribution < 1.29 is 18.3 Å². The van der Waals surface area contributed by atoms with Crippen molar-refractivity contribution in [2.24, 2.45) is 5.14 Å². The molecule has 0 aliphatic heterocycles. The molecule has 0 aliphatic rings. The van der Waals surface area contributed by atoms with Gasteiger partial charge in [-0.1, -0.05) is 19.9 Å². The Kier molecular flexibility index (Phi) is 3.90. The molecule has 0 saturated heterocycles. The predicted molar refractivity (Wildman–Crippen MR) is 63.5 cm³/mol. The number of benzene rings is 1. The second-order valence-electron chi connectivity index (χ2n) is 3.92. The molecule has 0 spiro atoms. The predicted octanol–water partition coefficient (Wildman–Crippen LogP) is 1.55. The smallest absolute Gasteiger partial charge is 0.337 e. The first kappa shape index (κ1) is 13.7. The lowest BCUT2D eigenvalue weighted by molar-refractivity contribution is 0.0692. The van der Waals surface area contributed by atoms with Gasteiger partial charge in [0.25, 0.3) is 0 Å². The molecule has 1 rings (SSSR count). The summed E-state index contributed by atoms with van der Waals surface area (Å²) in [6.07, 6.45) is 0.841. The lowest BCUT2D eigenvalue weighted by Crippen LogP contribution is -2.17. The van der Waals surface area contributed by atoms with E-state index in [0.29, 0.717) is 0 Å². The minimum absolute atomic E-state index is 0.169. The van der Waals surface area contributed by atoms with Gasteiger partial charge in [-0.3, -0.25) is 0 Å². The average molecular weight is 257 g/mol. The van der Waals surface area contributed by atoms with Gasteiger partial charge in [-0.15, -0.1) is 0 Å². The molecule has 0 amide bonds. The highest BCUT2D eigenvalue weighted by molar-refractivity contribution is 7.89. The number of carboxylic acids is 1. The molecule has 0 saturated carbocycles. The van der Waals surface area contributed by atoms with Crippen molar-refractivity contribution in [1.29, 1.82) is 0 Å². The standard InChI is InChI=1S/C11H15NO4S/c1-3-7(2)8-4-5-10(17(12,15)16)9(6-8)11(13)14/h4-7H,3H2,1-2H3,(H,13,14)(H2,12,15,16). The van der Waals surface area contributed by atoms with Crippen LogP contribution < -0.4 is 5.14 Å². The van der Waals surface area contributed by atoms with Gasteiger partial charge in [0.1, 0.15) is 0 Å². The van der Waals surface area contributed by atoms with Crippen molar-refractivity contribution in [3.8, 4) is 0 Å². The molecule has 1 unspecified atom stereocenters. The minimum atomic E-state index is -4.01. The number of carboxylic acid groups (broad SMARTS) is 1. The Morgan fingerprint density at radius 2 is 2.06 bits per heavy atom. The second kappa shape index (κ2) is 4.85. The summed E-state index contributed by atoms with van der Waals surface area (Å²) in [5, 5.41) is 14.0. The van der Waals surface area contributed by atoms with Gasteiger partial charge in [-0.25, -0.2) is 18.4 Å². The number of primary sulfonamides is 1. The molecule has 0 radical (unpaired) electrons. The normalized spacial score (nSPS) is 13.4. The zero-order chi connectivity index (χ0) is 13.2. The fraction of sp³-hybridized carbons (Fsp3) is 0.364. The highest BCUT2D eigenvalue weighted by Crippen LogP contribution is 2.23. The van der Waals surface area contributed by atoms with Crippen molar-refractivity contribution in [3.05, 3.63) is 29.3 Å². The number of rotatable bonds is 4. The Balaban J connectivity index is 3.43. The van der Waals surface area contributed by atoms with Gasteiger partial charge in [0.2, 0.25) is 10.0 Å². The van der Waals surface area contributed by atoms with Gasteiger partial charge in [0, 0.05) is 0 Å². The molecule has 5 nitrogen and oxygen atoms in total. The zero-order valence-corrected chi connectivity index (χ0v) is 10.5. The topological polar surface area (TPSA) is 97.5 Å². The van der Waals surface area contributed by atoms with Crippen molar-refractivity contribution in [2.75, 3.05) is 0 Å². The summed E-state index contributed by atoms with van der Waals surface area (Å²) >= 11 is 0. The maximum atomic E-state index is 11.2. The van der Waals surface area contributed by atoms with Crippen LogP contribution in [0.3, 0.4) is 0 Å². The van der Waals surface area contributed by atoms with Crippen LogP contribution in [0.5, 0.6) is 0 Å². The van der Waals surface area contributed by atoms with Gasteiger partial charge in [0.05, 0.1) is 10.5 Å². The summed E-state index contributed by atoms with van der Waals surface area (Å²) in [5.74, 6) is -1.12. The number of nitrogens with two attached hydrogens (primary N) is 1. The van der Waals surface area contributed by atoms with E-state index in [1.807, 2.05) is 13.8 Å². The Morgan fingerprint density at radius 1 is 1.47 bits per heavy atom. The average Bonchev–Trinajstić information content (AvgIpc) is 2.25. The van der Waals surface area contributed by atoms with E-state index >= 15 is 0 Å². The highest BCUT2D eigenvalue weighted by Gasteiger charge is 2.20. The Morgan fingerprint density at radius 3 is 2.47 bits per heavy atom. The fourth-order valence-corrected chi connectivity index (χ4v) is 2.22. The number of hydrogen-bond donors (Lipinski definition) is 2. The maximum absolute atomic E-state index is 11.2. The van der Waals surface area contributed by atoms with Gasteiger partial charge in [0.15, 0.2) is 0 Å². The summed E-state index contributed by atoms with van der Waals surface area (Å²) < 4.78 is 22.4. The van der Waals surface area contributed by atoms with Crippen LogP contribution in [-0.2, 0) is 10.0 Å². The van der Waals surface area contributed by atoms with E-state index in [0.717, 1.165) is 12.0 Å². The third kappa shape index (κ3) is 3.04.